The average Bonchev–Trinajstić information content (AvgIpc) is 2.80. The second-order valence-corrected chi connectivity index (χ2v) is 9.24. The maximum absolute atomic E-state index is 13.8. The van der Waals surface area contributed by atoms with Crippen LogP contribution in [-0.4, -0.2) is 31.8 Å². The van der Waals surface area contributed by atoms with Crippen molar-refractivity contribution in [2.45, 2.75) is 58.3 Å². The normalized spacial score (nSPS) is 21.8. The Labute approximate surface area is 196 Å². The molecule has 176 valence electrons. The highest BCUT2D eigenvalue weighted by atomic mass is 19.4. The Kier molecular flexibility index (Phi) is 5.41. The van der Waals surface area contributed by atoms with Gasteiger partial charge in [-0.2, -0.15) is 13.2 Å². The van der Waals surface area contributed by atoms with Crippen molar-refractivity contribution in [3.8, 4) is 11.4 Å². The standard InChI is InChI=1S/C26H25F3N4O/c1-14-10-11-17-13-19-22(21-9-4-5-12-30-21)31-16(3)32-23(19)24(14)33(17)25(34)18-7-6-8-20(15(18)2)26(27,28)29/h4-9,12,14,17,24H,10-11,13H2,1-3H3/t14-,17+,24-/m1/s1. The fraction of sp³-hybridized carbons (Fsp3) is 0.385. The van der Waals surface area contributed by atoms with Crippen LogP contribution in [0.3, 0.4) is 0 Å². The molecular formula is C26H25F3N4O. The van der Waals surface area contributed by atoms with Gasteiger partial charge in [0, 0.05) is 23.4 Å². The number of nitrogens with zero attached hydrogens (tertiary/aromatic N) is 4. The summed E-state index contributed by atoms with van der Waals surface area (Å²) in [6.45, 7) is 5.27. The van der Waals surface area contributed by atoms with Crippen LogP contribution in [0.2, 0.25) is 0 Å². The second kappa shape index (κ2) is 8.18. The lowest BCUT2D eigenvalue weighted by Gasteiger charge is -2.49. The van der Waals surface area contributed by atoms with E-state index >= 15 is 0 Å². The van der Waals surface area contributed by atoms with Gasteiger partial charge in [-0.1, -0.05) is 19.1 Å². The smallest absolute Gasteiger partial charge is 0.326 e. The summed E-state index contributed by atoms with van der Waals surface area (Å²) >= 11 is 0. The molecule has 2 aliphatic rings. The zero-order valence-corrected chi connectivity index (χ0v) is 19.2. The van der Waals surface area contributed by atoms with Crippen molar-refractivity contribution in [2.24, 2.45) is 5.92 Å². The van der Waals surface area contributed by atoms with E-state index in [1.807, 2.05) is 25.1 Å². The van der Waals surface area contributed by atoms with Gasteiger partial charge in [0.05, 0.1) is 28.7 Å². The highest BCUT2D eigenvalue weighted by molar-refractivity contribution is 5.97. The highest BCUT2D eigenvalue weighted by Gasteiger charge is 2.46. The fourth-order valence-electron chi connectivity index (χ4n) is 5.47. The average molecular weight is 467 g/mol. The molecule has 0 saturated carbocycles. The van der Waals surface area contributed by atoms with E-state index in [2.05, 4.69) is 16.9 Å². The number of rotatable bonds is 2. The molecule has 0 N–H and O–H groups in total. The molecule has 0 spiro atoms. The van der Waals surface area contributed by atoms with Crippen molar-refractivity contribution < 1.29 is 18.0 Å². The molecule has 2 aliphatic heterocycles. The Morgan fingerprint density at radius 2 is 1.85 bits per heavy atom. The van der Waals surface area contributed by atoms with Crippen LogP contribution in [0.1, 0.15) is 64.4 Å². The molecule has 2 aromatic heterocycles. The summed E-state index contributed by atoms with van der Waals surface area (Å²) in [5.74, 6) is 0.320. The van der Waals surface area contributed by atoms with Gasteiger partial charge in [0.1, 0.15) is 5.82 Å². The van der Waals surface area contributed by atoms with Gasteiger partial charge in [-0.05, 0) is 68.9 Å². The Bertz CT molecular complexity index is 1260. The van der Waals surface area contributed by atoms with Crippen LogP contribution in [0.25, 0.3) is 11.4 Å². The first-order valence-electron chi connectivity index (χ1n) is 11.4. The predicted molar refractivity (Wildman–Crippen MR) is 121 cm³/mol. The molecule has 1 fully saturated rings. The Hall–Kier alpha value is -3.29. The number of carbonyl (C=O) groups excluding carboxylic acids is 1. The third kappa shape index (κ3) is 3.65. The predicted octanol–water partition coefficient (Wildman–Crippen LogP) is 5.71. The lowest BCUT2D eigenvalue weighted by Crippen LogP contribution is -2.53. The topological polar surface area (TPSA) is 59.0 Å². The fourth-order valence-corrected chi connectivity index (χ4v) is 5.47. The van der Waals surface area contributed by atoms with Crippen LogP contribution >= 0.6 is 0 Å². The number of aromatic nitrogens is 3. The lowest BCUT2D eigenvalue weighted by atomic mass is 9.76. The van der Waals surface area contributed by atoms with E-state index < -0.39 is 11.7 Å². The van der Waals surface area contributed by atoms with Crippen LogP contribution in [-0.2, 0) is 12.6 Å². The largest absolute Gasteiger partial charge is 0.416 e. The monoisotopic (exact) mass is 466 g/mol. The third-order valence-electron chi connectivity index (χ3n) is 7.07. The maximum Gasteiger partial charge on any atom is 0.416 e. The summed E-state index contributed by atoms with van der Waals surface area (Å²) in [5, 5.41) is 0. The first-order valence-corrected chi connectivity index (χ1v) is 11.4. The van der Waals surface area contributed by atoms with Crippen LogP contribution in [0.4, 0.5) is 13.2 Å². The van der Waals surface area contributed by atoms with Gasteiger partial charge in [-0.3, -0.25) is 9.78 Å². The molecule has 3 atom stereocenters. The van der Waals surface area contributed by atoms with Crippen LogP contribution in [0.15, 0.2) is 42.6 Å². The van der Waals surface area contributed by atoms with Crippen molar-refractivity contribution in [1.82, 2.24) is 19.9 Å². The highest BCUT2D eigenvalue weighted by Crippen LogP contribution is 2.47. The third-order valence-corrected chi connectivity index (χ3v) is 7.07. The van der Waals surface area contributed by atoms with E-state index in [1.165, 1.54) is 19.1 Å². The molecule has 1 saturated heterocycles. The van der Waals surface area contributed by atoms with Gasteiger partial charge in [-0.15, -0.1) is 0 Å². The van der Waals surface area contributed by atoms with Crippen LogP contribution < -0.4 is 0 Å². The Balaban J connectivity index is 1.64. The summed E-state index contributed by atoms with van der Waals surface area (Å²) in [4.78, 5) is 29.5. The second-order valence-electron chi connectivity index (χ2n) is 9.24. The first-order chi connectivity index (χ1) is 16.2. The number of halogens is 3. The van der Waals surface area contributed by atoms with Crippen molar-refractivity contribution in [2.75, 3.05) is 0 Å². The molecule has 5 rings (SSSR count). The number of benzene rings is 1. The first kappa shape index (κ1) is 22.5. The van der Waals surface area contributed by atoms with E-state index in [-0.39, 0.29) is 35.0 Å². The molecule has 1 aromatic carbocycles. The lowest BCUT2D eigenvalue weighted by molar-refractivity contribution is -0.138. The number of pyridine rings is 1. The van der Waals surface area contributed by atoms with E-state index in [1.54, 1.807) is 11.1 Å². The molecule has 4 heterocycles. The van der Waals surface area contributed by atoms with Gasteiger partial charge < -0.3 is 4.90 Å². The van der Waals surface area contributed by atoms with Crippen molar-refractivity contribution >= 4 is 5.91 Å². The number of hydrogen-bond donors (Lipinski definition) is 0. The molecule has 0 aliphatic carbocycles. The number of amides is 1. The van der Waals surface area contributed by atoms with E-state index in [9.17, 15) is 18.0 Å². The maximum atomic E-state index is 13.8. The quantitative estimate of drug-likeness (QED) is 0.485. The van der Waals surface area contributed by atoms with E-state index in [0.717, 1.165) is 41.6 Å². The molecular weight excluding hydrogens is 441 g/mol. The SMILES string of the molecule is Cc1nc(-c2ccccn2)c2c(n1)[C@H]1[C@H](C)CC[C@@H](C2)N1C(=O)c1cccc(C(F)(F)F)c1C. The number of alkyl halides is 3. The van der Waals surface area contributed by atoms with Gasteiger partial charge in [0.25, 0.3) is 5.91 Å². The zero-order valence-electron chi connectivity index (χ0n) is 19.2. The van der Waals surface area contributed by atoms with Gasteiger partial charge in [0.15, 0.2) is 0 Å². The van der Waals surface area contributed by atoms with Gasteiger partial charge in [0.2, 0.25) is 0 Å². The minimum absolute atomic E-state index is 0.0374. The Morgan fingerprint density at radius 3 is 2.56 bits per heavy atom. The summed E-state index contributed by atoms with van der Waals surface area (Å²) in [6.07, 6.45) is -0.551. The van der Waals surface area contributed by atoms with Crippen LogP contribution in [0.5, 0.6) is 0 Å². The molecule has 0 unspecified atom stereocenters. The zero-order chi connectivity index (χ0) is 24.2. The molecule has 34 heavy (non-hydrogen) atoms. The summed E-state index contributed by atoms with van der Waals surface area (Å²) in [5.41, 5.74) is 2.58. The van der Waals surface area contributed by atoms with Gasteiger partial charge in [-0.25, -0.2) is 9.97 Å². The summed E-state index contributed by atoms with van der Waals surface area (Å²) in [7, 11) is 0. The van der Waals surface area contributed by atoms with Crippen LogP contribution in [0, 0.1) is 19.8 Å². The molecule has 2 bridgehead atoms. The minimum atomic E-state index is -4.51. The van der Waals surface area contributed by atoms with E-state index in [4.69, 9.17) is 4.98 Å². The number of carbonyl (C=O) groups is 1. The van der Waals surface area contributed by atoms with Crippen molar-refractivity contribution in [3.05, 3.63) is 76.4 Å². The van der Waals surface area contributed by atoms with Crippen molar-refractivity contribution in [3.63, 3.8) is 0 Å². The number of fused-ring (bicyclic) bond motifs is 4. The minimum Gasteiger partial charge on any atom is -0.326 e. The molecule has 0 radical (unpaired) electrons. The number of piperidine rings is 1. The molecule has 5 nitrogen and oxygen atoms in total. The molecule has 1 amide bonds. The molecule has 3 aromatic rings. The summed E-state index contributed by atoms with van der Waals surface area (Å²) in [6, 6.07) is 9.03. The van der Waals surface area contributed by atoms with Crippen molar-refractivity contribution in [1.29, 1.82) is 0 Å². The molecule has 8 heteroatoms. The number of aryl methyl sites for hydroxylation is 1. The number of hydrogen-bond acceptors (Lipinski definition) is 4. The van der Waals surface area contributed by atoms with Gasteiger partial charge >= 0.3 is 6.18 Å². The Morgan fingerprint density at radius 1 is 1.06 bits per heavy atom. The summed E-state index contributed by atoms with van der Waals surface area (Å²) < 4.78 is 40.6. The van der Waals surface area contributed by atoms with E-state index in [0.29, 0.717) is 12.2 Å².